The van der Waals surface area contributed by atoms with Crippen molar-refractivity contribution in [2.24, 2.45) is 4.99 Å². The molecule has 18 heavy (non-hydrogen) atoms. The van der Waals surface area contributed by atoms with Gasteiger partial charge in [0.2, 0.25) is 0 Å². The maximum absolute atomic E-state index is 4.50. The van der Waals surface area contributed by atoms with Gasteiger partial charge in [0, 0.05) is 27.6 Å². The molecule has 0 amide bonds. The van der Waals surface area contributed by atoms with Crippen molar-refractivity contribution in [2.45, 2.75) is 0 Å². The van der Waals surface area contributed by atoms with Crippen LogP contribution in [-0.2, 0) is 0 Å². The van der Waals surface area contributed by atoms with Gasteiger partial charge < -0.3 is 4.90 Å². The Labute approximate surface area is 120 Å². The van der Waals surface area contributed by atoms with E-state index in [4.69, 9.17) is 0 Å². The van der Waals surface area contributed by atoms with Gasteiger partial charge in [-0.2, -0.15) is 0 Å². The Hall–Kier alpha value is -0.970. The summed E-state index contributed by atoms with van der Waals surface area (Å²) in [6, 6.07) is 8.75. The molecule has 92 valence electrons. The highest BCUT2D eigenvalue weighted by Crippen LogP contribution is 2.38. The lowest BCUT2D eigenvalue weighted by Crippen LogP contribution is -2.19. The van der Waals surface area contributed by atoms with Crippen molar-refractivity contribution in [1.82, 2.24) is 4.90 Å². The van der Waals surface area contributed by atoms with Gasteiger partial charge in [-0.1, -0.05) is 23.9 Å². The summed E-state index contributed by atoms with van der Waals surface area (Å²) in [5.41, 5.74) is 2.65. The topological polar surface area (TPSA) is 15.6 Å². The minimum absolute atomic E-state index is 0. The third-order valence-corrected chi connectivity index (χ3v) is 4.92. The van der Waals surface area contributed by atoms with E-state index >= 15 is 0 Å². The van der Waals surface area contributed by atoms with Crippen LogP contribution in [0, 0.1) is 0 Å². The fourth-order valence-corrected chi connectivity index (χ4v) is 4.12. The number of rotatable bonds is 1. The molecule has 1 aromatic carbocycles. The van der Waals surface area contributed by atoms with Crippen LogP contribution in [0.4, 0.5) is 0 Å². The molecular weight excluding hydrogens is 284 g/mol. The summed E-state index contributed by atoms with van der Waals surface area (Å²) in [4.78, 5) is 6.83. The minimum Gasteiger partial charge on any atom is -0.318 e. The van der Waals surface area contributed by atoms with E-state index in [2.05, 4.69) is 44.9 Å². The fourth-order valence-electron chi connectivity index (χ4n) is 2.35. The molecule has 2 aromatic rings. The number of aliphatic imine (C=N–C) groups is 1. The summed E-state index contributed by atoms with van der Waals surface area (Å²) < 4.78 is 1.36. The van der Waals surface area contributed by atoms with Crippen molar-refractivity contribution < 1.29 is 0 Å². The number of hydrogen-bond acceptors (Lipinski definition) is 4. The average molecular weight is 295 g/mol. The Kier molecular flexibility index (Phi) is 3.09. The van der Waals surface area contributed by atoms with Crippen LogP contribution in [0.2, 0.25) is 0 Å². The molecule has 0 N–H and O–H groups in total. The van der Waals surface area contributed by atoms with Crippen molar-refractivity contribution >= 4 is 56.5 Å². The lowest BCUT2D eigenvalue weighted by molar-refractivity contribution is 0.650. The number of thiophene rings is 1. The van der Waals surface area contributed by atoms with E-state index in [9.17, 15) is 0 Å². The number of thioether (sulfide) groups is 1. The van der Waals surface area contributed by atoms with Gasteiger partial charge in [-0.05, 0) is 17.5 Å². The van der Waals surface area contributed by atoms with Crippen LogP contribution in [0.3, 0.4) is 0 Å². The Morgan fingerprint density at radius 2 is 2.17 bits per heavy atom. The van der Waals surface area contributed by atoms with Crippen LogP contribution in [-0.4, -0.2) is 23.2 Å². The summed E-state index contributed by atoms with van der Waals surface area (Å²) in [5, 5.41) is 6.91. The number of nitrogens with zero attached hydrogens (tertiary/aromatic N) is 2. The van der Waals surface area contributed by atoms with Crippen molar-refractivity contribution in [3.63, 3.8) is 0 Å². The van der Waals surface area contributed by atoms with E-state index in [0.717, 1.165) is 18.3 Å². The third kappa shape index (κ3) is 1.67. The monoisotopic (exact) mass is 294 g/mol. The van der Waals surface area contributed by atoms with Gasteiger partial charge in [0.15, 0.2) is 5.17 Å². The molecule has 2 aliphatic rings. The van der Waals surface area contributed by atoms with Gasteiger partial charge in [0.05, 0.1) is 12.2 Å². The molecule has 2 aliphatic heterocycles. The number of amidine groups is 1. The lowest BCUT2D eigenvalue weighted by Gasteiger charge is -2.17. The maximum atomic E-state index is 4.50. The van der Waals surface area contributed by atoms with Crippen molar-refractivity contribution in [1.29, 1.82) is 0 Å². The summed E-state index contributed by atoms with van der Waals surface area (Å²) in [6.45, 7) is 1.95. The van der Waals surface area contributed by atoms with Gasteiger partial charge in [0.1, 0.15) is 0 Å². The first-order chi connectivity index (χ1) is 8.43. The van der Waals surface area contributed by atoms with E-state index in [1.165, 1.54) is 21.3 Å². The van der Waals surface area contributed by atoms with E-state index in [1.807, 2.05) is 0 Å². The Morgan fingerprint density at radius 1 is 1.22 bits per heavy atom. The predicted molar refractivity (Wildman–Crippen MR) is 83.6 cm³/mol. The first-order valence-corrected chi connectivity index (χ1v) is 7.35. The smallest absolute Gasteiger partial charge is 0.168 e. The highest BCUT2D eigenvalue weighted by Gasteiger charge is 2.27. The zero-order valence-electron chi connectivity index (χ0n) is 9.50. The Bertz CT molecular complexity index is 660. The third-order valence-electron chi connectivity index (χ3n) is 3.14. The van der Waals surface area contributed by atoms with E-state index in [0.29, 0.717) is 0 Å². The van der Waals surface area contributed by atoms with Gasteiger partial charge in [-0.25, -0.2) is 0 Å². The molecule has 0 fully saturated rings. The zero-order valence-corrected chi connectivity index (χ0v) is 11.9. The Morgan fingerprint density at radius 3 is 3.11 bits per heavy atom. The molecule has 1 aromatic heterocycles. The second-order valence-corrected chi connectivity index (χ2v) is 5.86. The second-order valence-electron chi connectivity index (χ2n) is 4.07. The first kappa shape index (κ1) is 12.1. The standard InChI is InChI=1S/C13H10N2S2.ClH/c1-2-9(10-4-7-16-12(10)3-1)11-8-17-13-14-5-6-15(11)13;/h1-4,7-8H,5-6H2;1H. The molecule has 0 aliphatic carbocycles. The fraction of sp³-hybridized carbons (Fsp3) is 0.154. The maximum Gasteiger partial charge on any atom is 0.168 e. The van der Waals surface area contributed by atoms with Crippen LogP contribution in [0.15, 0.2) is 40.0 Å². The van der Waals surface area contributed by atoms with Gasteiger partial charge in [-0.3, -0.25) is 4.99 Å². The molecule has 0 saturated heterocycles. The molecule has 2 nitrogen and oxygen atoms in total. The predicted octanol–water partition coefficient (Wildman–Crippen LogP) is 4.04. The van der Waals surface area contributed by atoms with Crippen LogP contribution in [0.1, 0.15) is 5.56 Å². The first-order valence-electron chi connectivity index (χ1n) is 5.59. The van der Waals surface area contributed by atoms with E-state index in [-0.39, 0.29) is 12.4 Å². The molecule has 4 rings (SSSR count). The normalized spacial score (nSPS) is 17.4. The van der Waals surface area contributed by atoms with Crippen molar-refractivity contribution in [3.8, 4) is 0 Å². The molecule has 0 unspecified atom stereocenters. The highest BCUT2D eigenvalue weighted by atomic mass is 35.5. The molecular formula is C13H11ClN2S2. The number of benzene rings is 1. The summed E-state index contributed by atoms with van der Waals surface area (Å²) in [6.07, 6.45) is 0. The van der Waals surface area contributed by atoms with Crippen molar-refractivity contribution in [2.75, 3.05) is 13.1 Å². The molecule has 0 spiro atoms. The van der Waals surface area contributed by atoms with Gasteiger partial charge >= 0.3 is 0 Å². The summed E-state index contributed by atoms with van der Waals surface area (Å²) >= 11 is 3.55. The van der Waals surface area contributed by atoms with E-state index < -0.39 is 0 Å². The highest BCUT2D eigenvalue weighted by molar-refractivity contribution is 8.16. The minimum atomic E-state index is 0. The summed E-state index contributed by atoms with van der Waals surface area (Å²) in [5.74, 6) is 0. The quantitative estimate of drug-likeness (QED) is 0.789. The number of hydrogen-bond donors (Lipinski definition) is 0. The SMILES string of the molecule is C1=C(c2cccc3sccc23)N2CCN=C2S1.Cl. The largest absolute Gasteiger partial charge is 0.318 e. The van der Waals surface area contributed by atoms with Gasteiger partial charge in [0.25, 0.3) is 0 Å². The molecule has 0 atom stereocenters. The number of fused-ring (bicyclic) bond motifs is 2. The molecule has 3 heterocycles. The van der Waals surface area contributed by atoms with Crippen LogP contribution < -0.4 is 0 Å². The molecule has 5 heteroatoms. The summed E-state index contributed by atoms with van der Waals surface area (Å²) in [7, 11) is 0. The lowest BCUT2D eigenvalue weighted by atomic mass is 10.1. The van der Waals surface area contributed by atoms with Crippen molar-refractivity contribution in [3.05, 3.63) is 40.6 Å². The van der Waals surface area contributed by atoms with Crippen LogP contribution in [0.5, 0.6) is 0 Å². The van der Waals surface area contributed by atoms with E-state index in [1.54, 1.807) is 23.1 Å². The Balaban J connectivity index is 0.000001000. The van der Waals surface area contributed by atoms with Gasteiger partial charge in [-0.15, -0.1) is 23.7 Å². The molecule has 0 saturated carbocycles. The molecule has 0 bridgehead atoms. The molecule has 0 radical (unpaired) electrons. The van der Waals surface area contributed by atoms with Crippen LogP contribution >= 0.6 is 35.5 Å². The average Bonchev–Trinajstić information content (AvgIpc) is 3.04. The second kappa shape index (κ2) is 4.61. The number of halogens is 1. The zero-order chi connectivity index (χ0) is 11.2. The van der Waals surface area contributed by atoms with Crippen LogP contribution in [0.25, 0.3) is 15.8 Å².